The average molecular weight is 367 g/mol. The molecule has 3 rings (SSSR count). The van der Waals surface area contributed by atoms with Gasteiger partial charge >= 0.3 is 0 Å². The van der Waals surface area contributed by atoms with Gasteiger partial charge in [-0.05, 0) is 38.1 Å². The maximum atomic E-state index is 5.85. The van der Waals surface area contributed by atoms with Gasteiger partial charge in [0.2, 0.25) is 0 Å². The highest BCUT2D eigenvalue weighted by atomic mass is 35.5. The minimum absolute atomic E-state index is 0.453. The van der Waals surface area contributed by atoms with Crippen LogP contribution in [-0.4, -0.2) is 9.97 Å². The molecule has 0 aliphatic rings. The molecular weight excluding hydrogens is 352 g/mol. The topological polar surface area (TPSA) is 48.2 Å². The summed E-state index contributed by atoms with van der Waals surface area (Å²) in [4.78, 5) is 8.92. The molecule has 0 unspecified atom stereocenters. The van der Waals surface area contributed by atoms with Crippen molar-refractivity contribution in [1.29, 1.82) is 0 Å². The summed E-state index contributed by atoms with van der Waals surface area (Å²) in [6.07, 6.45) is 0. The number of hydrogen-bond donors (Lipinski definition) is 0. The molecule has 23 heavy (non-hydrogen) atoms. The molecule has 0 saturated carbocycles. The van der Waals surface area contributed by atoms with Crippen LogP contribution in [0.2, 0.25) is 5.02 Å². The van der Waals surface area contributed by atoms with E-state index in [2.05, 4.69) is 9.97 Å². The Morgan fingerprint density at radius 3 is 2.70 bits per heavy atom. The highest BCUT2D eigenvalue weighted by Crippen LogP contribution is 2.25. The van der Waals surface area contributed by atoms with Gasteiger partial charge in [0.05, 0.1) is 11.4 Å². The maximum absolute atomic E-state index is 5.85. The predicted octanol–water partition coefficient (Wildman–Crippen LogP) is 5.27. The lowest BCUT2D eigenvalue weighted by Gasteiger charge is -2.03. The second-order valence-corrected chi connectivity index (χ2v) is 7.19. The quantitative estimate of drug-likeness (QED) is 0.556. The molecule has 0 spiro atoms. The van der Waals surface area contributed by atoms with E-state index in [4.69, 9.17) is 20.8 Å². The summed E-state index contributed by atoms with van der Waals surface area (Å²) >= 11 is 8.99. The molecule has 0 radical (unpaired) electrons. The first-order valence-electron chi connectivity index (χ1n) is 6.98. The highest BCUT2D eigenvalue weighted by Gasteiger charge is 2.09. The number of thioether (sulfide) groups is 1. The van der Waals surface area contributed by atoms with Gasteiger partial charge in [-0.3, -0.25) is 0 Å². The molecule has 0 aliphatic carbocycles. The Kier molecular flexibility index (Phi) is 5.25. The molecule has 0 saturated heterocycles. The zero-order valence-electron chi connectivity index (χ0n) is 12.7. The van der Waals surface area contributed by atoms with Crippen LogP contribution < -0.4 is 4.74 Å². The van der Waals surface area contributed by atoms with Crippen molar-refractivity contribution in [3.05, 3.63) is 56.8 Å². The van der Waals surface area contributed by atoms with Crippen LogP contribution in [0.15, 0.2) is 39.3 Å². The first-order valence-corrected chi connectivity index (χ1v) is 9.23. The SMILES string of the molecule is Cc1nc(SCc2csc(COc3ccc(Cl)cc3)n2)oc1C. The lowest BCUT2D eigenvalue weighted by molar-refractivity contribution is 0.305. The standard InChI is InChI=1S/C16H15ClN2O2S2/c1-10-11(2)21-16(18-10)23-9-13-8-22-15(19-13)7-20-14-5-3-12(17)4-6-14/h3-6,8H,7,9H2,1-2H3. The van der Waals surface area contributed by atoms with Crippen molar-refractivity contribution >= 4 is 34.7 Å². The van der Waals surface area contributed by atoms with Crippen molar-refractivity contribution in [2.75, 3.05) is 0 Å². The predicted molar refractivity (Wildman–Crippen MR) is 93.4 cm³/mol. The summed E-state index contributed by atoms with van der Waals surface area (Å²) in [6.45, 7) is 4.31. The number of ether oxygens (including phenoxy) is 1. The Morgan fingerprint density at radius 1 is 1.22 bits per heavy atom. The third-order valence-corrected chi connectivity index (χ3v) is 5.11. The van der Waals surface area contributed by atoms with Crippen molar-refractivity contribution in [2.45, 2.75) is 31.4 Å². The number of rotatable bonds is 6. The highest BCUT2D eigenvalue weighted by molar-refractivity contribution is 7.98. The van der Waals surface area contributed by atoms with E-state index >= 15 is 0 Å². The second-order valence-electron chi connectivity index (χ2n) is 4.89. The van der Waals surface area contributed by atoms with Gasteiger partial charge in [0, 0.05) is 16.2 Å². The lowest BCUT2D eigenvalue weighted by Crippen LogP contribution is -1.95. The van der Waals surface area contributed by atoms with Crippen LogP contribution in [0.4, 0.5) is 0 Å². The molecule has 7 heteroatoms. The number of benzene rings is 1. The molecule has 0 bridgehead atoms. The van der Waals surface area contributed by atoms with Gasteiger partial charge in [0.25, 0.3) is 5.22 Å². The van der Waals surface area contributed by atoms with Gasteiger partial charge in [-0.1, -0.05) is 23.4 Å². The molecule has 3 aromatic rings. The lowest BCUT2D eigenvalue weighted by atomic mass is 10.3. The number of oxazole rings is 1. The number of aryl methyl sites for hydroxylation is 2. The molecule has 4 nitrogen and oxygen atoms in total. The molecular formula is C16H15ClN2O2S2. The first-order chi connectivity index (χ1) is 11.1. The summed E-state index contributed by atoms with van der Waals surface area (Å²) in [5.41, 5.74) is 1.94. The van der Waals surface area contributed by atoms with Crippen molar-refractivity contribution in [1.82, 2.24) is 9.97 Å². The summed E-state index contributed by atoms with van der Waals surface area (Å²) in [5.74, 6) is 2.38. The van der Waals surface area contributed by atoms with Crippen molar-refractivity contribution < 1.29 is 9.15 Å². The smallest absolute Gasteiger partial charge is 0.256 e. The van der Waals surface area contributed by atoms with Crippen LogP contribution in [0.3, 0.4) is 0 Å². The van der Waals surface area contributed by atoms with Crippen molar-refractivity contribution in [3.8, 4) is 5.75 Å². The van der Waals surface area contributed by atoms with E-state index in [1.54, 1.807) is 35.2 Å². The van der Waals surface area contributed by atoms with Gasteiger partial charge in [-0.15, -0.1) is 11.3 Å². The van der Waals surface area contributed by atoms with E-state index in [9.17, 15) is 0 Å². The number of aromatic nitrogens is 2. The Balaban J connectivity index is 1.52. The average Bonchev–Trinajstić information content (AvgIpc) is 3.12. The minimum atomic E-state index is 0.453. The van der Waals surface area contributed by atoms with Crippen molar-refractivity contribution in [3.63, 3.8) is 0 Å². The largest absolute Gasteiger partial charge is 0.486 e. The normalized spacial score (nSPS) is 10.9. The van der Waals surface area contributed by atoms with E-state index in [-0.39, 0.29) is 0 Å². The minimum Gasteiger partial charge on any atom is -0.486 e. The van der Waals surface area contributed by atoms with Crippen molar-refractivity contribution in [2.24, 2.45) is 0 Å². The molecule has 0 amide bonds. The number of thiazole rings is 1. The maximum Gasteiger partial charge on any atom is 0.256 e. The zero-order valence-corrected chi connectivity index (χ0v) is 15.1. The molecule has 2 heterocycles. The van der Waals surface area contributed by atoms with Crippen LogP contribution in [-0.2, 0) is 12.4 Å². The Morgan fingerprint density at radius 2 is 2.00 bits per heavy atom. The van der Waals surface area contributed by atoms with Crippen LogP contribution in [0, 0.1) is 13.8 Å². The third kappa shape index (κ3) is 4.50. The Hall–Kier alpha value is -1.50. The van der Waals surface area contributed by atoms with E-state index in [0.29, 0.717) is 16.9 Å². The van der Waals surface area contributed by atoms with E-state index < -0.39 is 0 Å². The van der Waals surface area contributed by atoms with Gasteiger partial charge in [-0.2, -0.15) is 0 Å². The molecule has 0 atom stereocenters. The first kappa shape index (κ1) is 16.4. The molecule has 120 valence electrons. The molecule has 2 aromatic heterocycles. The summed E-state index contributed by atoms with van der Waals surface area (Å²) in [5, 5.41) is 4.36. The fourth-order valence-corrected chi connectivity index (χ4v) is 3.54. The molecule has 0 fully saturated rings. The molecule has 1 aromatic carbocycles. The van der Waals surface area contributed by atoms with E-state index in [1.165, 1.54) is 0 Å². The molecule has 0 N–H and O–H groups in total. The van der Waals surface area contributed by atoms with Crippen LogP contribution in [0.1, 0.15) is 22.2 Å². The fraction of sp³-hybridized carbons (Fsp3) is 0.250. The number of hydrogen-bond acceptors (Lipinski definition) is 6. The van der Waals surface area contributed by atoms with Gasteiger partial charge in [-0.25, -0.2) is 9.97 Å². The number of halogens is 1. The second kappa shape index (κ2) is 7.38. The zero-order chi connectivity index (χ0) is 16.2. The Bertz CT molecular complexity index is 764. The summed E-state index contributed by atoms with van der Waals surface area (Å²) in [6, 6.07) is 7.31. The van der Waals surface area contributed by atoms with E-state index in [0.717, 1.165) is 33.7 Å². The van der Waals surface area contributed by atoms with Gasteiger partial charge < -0.3 is 9.15 Å². The fourth-order valence-electron chi connectivity index (χ4n) is 1.80. The van der Waals surface area contributed by atoms with Crippen LogP contribution >= 0.6 is 34.7 Å². The molecule has 0 aliphatic heterocycles. The van der Waals surface area contributed by atoms with Gasteiger partial charge in [0.15, 0.2) is 0 Å². The summed E-state index contributed by atoms with van der Waals surface area (Å²) in [7, 11) is 0. The van der Waals surface area contributed by atoms with E-state index in [1.807, 2.05) is 31.4 Å². The third-order valence-electron chi connectivity index (χ3n) is 3.13. The summed E-state index contributed by atoms with van der Waals surface area (Å²) < 4.78 is 11.2. The van der Waals surface area contributed by atoms with Crippen LogP contribution in [0.5, 0.6) is 5.75 Å². The van der Waals surface area contributed by atoms with Gasteiger partial charge in [0.1, 0.15) is 23.1 Å². The van der Waals surface area contributed by atoms with Crippen LogP contribution in [0.25, 0.3) is 0 Å². The number of nitrogens with zero attached hydrogens (tertiary/aromatic N) is 2. The monoisotopic (exact) mass is 366 g/mol. The Labute approximate surface area is 147 Å².